The minimum absolute atomic E-state index is 0.454. The first-order valence-corrected chi connectivity index (χ1v) is 5.86. The highest BCUT2D eigenvalue weighted by atomic mass is 127. The first-order chi connectivity index (χ1) is 6.88. The van der Waals surface area contributed by atoms with Crippen LogP contribution in [0.3, 0.4) is 0 Å². The summed E-state index contributed by atoms with van der Waals surface area (Å²) in [5.41, 5.74) is 2.72. The lowest BCUT2D eigenvalue weighted by Crippen LogP contribution is -1.90. The van der Waals surface area contributed by atoms with Crippen LogP contribution in [0.2, 0.25) is 0 Å². The molecule has 0 fully saturated rings. The summed E-state index contributed by atoms with van der Waals surface area (Å²) in [7, 11) is 0. The summed E-state index contributed by atoms with van der Waals surface area (Å²) in [6.45, 7) is 0. The maximum Gasteiger partial charge on any atom is 0.0608 e. The Bertz CT molecular complexity index is 341. The van der Waals surface area contributed by atoms with Gasteiger partial charge in [0, 0.05) is 0 Å². The normalized spacial score (nSPS) is 10.4. The molecule has 0 N–H and O–H groups in total. The van der Waals surface area contributed by atoms with Crippen molar-refractivity contribution in [2.75, 3.05) is 0 Å². The van der Waals surface area contributed by atoms with Gasteiger partial charge in [-0.05, 0) is 11.1 Å². The third-order valence-electron chi connectivity index (χ3n) is 2.18. The van der Waals surface area contributed by atoms with Crippen LogP contribution < -0.4 is 0 Å². The molecule has 1 heteroatoms. The summed E-state index contributed by atoms with van der Waals surface area (Å²) in [6.07, 6.45) is 0. The Morgan fingerprint density at radius 1 is 0.643 bits per heavy atom. The van der Waals surface area contributed by atoms with E-state index in [2.05, 4.69) is 83.3 Å². The van der Waals surface area contributed by atoms with Gasteiger partial charge < -0.3 is 0 Å². The van der Waals surface area contributed by atoms with Gasteiger partial charge in [0.05, 0.1) is 3.92 Å². The van der Waals surface area contributed by atoms with E-state index in [0.717, 1.165) is 0 Å². The summed E-state index contributed by atoms with van der Waals surface area (Å²) in [6, 6.07) is 21.1. The Kier molecular flexibility index (Phi) is 3.19. The highest BCUT2D eigenvalue weighted by Gasteiger charge is 2.07. The molecule has 14 heavy (non-hydrogen) atoms. The fourth-order valence-corrected chi connectivity index (χ4v) is 2.27. The van der Waals surface area contributed by atoms with Crippen LogP contribution in [0.25, 0.3) is 0 Å². The molecule has 0 aliphatic heterocycles. The summed E-state index contributed by atoms with van der Waals surface area (Å²) in [5.74, 6) is 0. The number of halogens is 1. The molecular formula is C13H11I. The number of alkyl halides is 1. The third kappa shape index (κ3) is 2.15. The van der Waals surface area contributed by atoms with Crippen LogP contribution in [0, 0.1) is 0 Å². The summed E-state index contributed by atoms with van der Waals surface area (Å²) < 4.78 is 0.454. The molecular weight excluding hydrogens is 283 g/mol. The quantitative estimate of drug-likeness (QED) is 0.575. The zero-order valence-corrected chi connectivity index (χ0v) is 9.89. The number of hydrogen-bond donors (Lipinski definition) is 0. The fourth-order valence-electron chi connectivity index (χ4n) is 1.44. The second kappa shape index (κ2) is 4.60. The van der Waals surface area contributed by atoms with Gasteiger partial charge in [-0.2, -0.15) is 0 Å². The maximum atomic E-state index is 2.47. The molecule has 0 bridgehead atoms. The fraction of sp³-hybridized carbons (Fsp3) is 0.0769. The van der Waals surface area contributed by atoms with Crippen LogP contribution in [0.5, 0.6) is 0 Å². The average Bonchev–Trinajstić information content (AvgIpc) is 2.30. The van der Waals surface area contributed by atoms with Gasteiger partial charge in [-0.3, -0.25) is 0 Å². The van der Waals surface area contributed by atoms with Gasteiger partial charge in [0.2, 0.25) is 0 Å². The van der Waals surface area contributed by atoms with Gasteiger partial charge in [-0.1, -0.05) is 83.3 Å². The van der Waals surface area contributed by atoms with Gasteiger partial charge in [0.1, 0.15) is 0 Å². The molecule has 2 aromatic rings. The lowest BCUT2D eigenvalue weighted by Gasteiger charge is -2.09. The van der Waals surface area contributed by atoms with E-state index in [-0.39, 0.29) is 0 Å². The van der Waals surface area contributed by atoms with Crippen molar-refractivity contribution in [1.82, 2.24) is 0 Å². The summed E-state index contributed by atoms with van der Waals surface area (Å²) in [5, 5.41) is 0. The molecule has 0 heterocycles. The van der Waals surface area contributed by atoms with Crippen LogP contribution in [0.4, 0.5) is 0 Å². The minimum atomic E-state index is 0.454. The van der Waals surface area contributed by atoms with Gasteiger partial charge in [0.25, 0.3) is 0 Å². The number of benzene rings is 2. The van der Waals surface area contributed by atoms with Crippen LogP contribution in [-0.2, 0) is 0 Å². The van der Waals surface area contributed by atoms with Crippen molar-refractivity contribution in [2.24, 2.45) is 0 Å². The van der Waals surface area contributed by atoms with Crippen molar-refractivity contribution in [1.29, 1.82) is 0 Å². The van der Waals surface area contributed by atoms with E-state index in [1.54, 1.807) is 0 Å². The topological polar surface area (TPSA) is 0 Å². The Morgan fingerprint density at radius 2 is 1.00 bits per heavy atom. The van der Waals surface area contributed by atoms with Crippen molar-refractivity contribution >= 4 is 22.6 Å². The Balaban J connectivity index is 2.30. The van der Waals surface area contributed by atoms with Gasteiger partial charge in [-0.15, -0.1) is 0 Å². The van der Waals surface area contributed by atoms with E-state index in [1.165, 1.54) is 11.1 Å². The Morgan fingerprint density at radius 3 is 1.36 bits per heavy atom. The van der Waals surface area contributed by atoms with Crippen LogP contribution in [-0.4, -0.2) is 0 Å². The van der Waals surface area contributed by atoms with Gasteiger partial charge >= 0.3 is 0 Å². The largest absolute Gasteiger partial charge is 0.0722 e. The zero-order chi connectivity index (χ0) is 9.80. The lowest BCUT2D eigenvalue weighted by molar-refractivity contribution is 1.20. The molecule has 70 valence electrons. The standard InChI is InChI=1S/C13H11I/c14-13(11-7-3-1-4-8-11)12-9-5-2-6-10-12/h1-10,13H. The molecule has 0 aliphatic carbocycles. The van der Waals surface area contributed by atoms with Crippen molar-refractivity contribution in [3.05, 3.63) is 71.8 Å². The molecule has 0 unspecified atom stereocenters. The minimum Gasteiger partial charge on any atom is -0.0722 e. The maximum absolute atomic E-state index is 2.47. The highest BCUT2D eigenvalue weighted by Crippen LogP contribution is 2.30. The van der Waals surface area contributed by atoms with Crippen molar-refractivity contribution in [3.8, 4) is 0 Å². The van der Waals surface area contributed by atoms with Crippen molar-refractivity contribution in [3.63, 3.8) is 0 Å². The lowest BCUT2D eigenvalue weighted by atomic mass is 10.1. The molecule has 0 aromatic heterocycles. The Hall–Kier alpha value is -0.830. The van der Waals surface area contributed by atoms with E-state index < -0.39 is 0 Å². The molecule has 0 aliphatic rings. The first kappa shape index (κ1) is 9.71. The SMILES string of the molecule is IC(c1ccccc1)c1ccccc1. The molecule has 2 rings (SSSR count). The molecule has 2 aromatic carbocycles. The van der Waals surface area contributed by atoms with E-state index in [4.69, 9.17) is 0 Å². The van der Waals surface area contributed by atoms with Crippen LogP contribution >= 0.6 is 22.6 Å². The second-order valence-corrected chi connectivity index (χ2v) is 4.43. The number of rotatable bonds is 2. The average molecular weight is 294 g/mol. The van der Waals surface area contributed by atoms with Crippen LogP contribution in [0.15, 0.2) is 60.7 Å². The van der Waals surface area contributed by atoms with Gasteiger partial charge in [-0.25, -0.2) is 0 Å². The monoisotopic (exact) mass is 294 g/mol. The third-order valence-corrected chi connectivity index (χ3v) is 3.62. The summed E-state index contributed by atoms with van der Waals surface area (Å²) >= 11 is 2.47. The van der Waals surface area contributed by atoms with E-state index in [1.807, 2.05) is 0 Å². The first-order valence-electron chi connectivity index (χ1n) is 4.62. The Labute approximate surface area is 98.1 Å². The van der Waals surface area contributed by atoms with E-state index in [9.17, 15) is 0 Å². The zero-order valence-electron chi connectivity index (χ0n) is 7.73. The van der Waals surface area contributed by atoms with Crippen LogP contribution in [0.1, 0.15) is 15.1 Å². The smallest absolute Gasteiger partial charge is 0.0608 e. The highest BCUT2D eigenvalue weighted by molar-refractivity contribution is 14.1. The molecule has 0 spiro atoms. The molecule has 0 amide bonds. The van der Waals surface area contributed by atoms with E-state index in [0.29, 0.717) is 3.92 Å². The second-order valence-electron chi connectivity index (χ2n) is 3.18. The van der Waals surface area contributed by atoms with E-state index >= 15 is 0 Å². The molecule has 0 radical (unpaired) electrons. The van der Waals surface area contributed by atoms with Gasteiger partial charge in [0.15, 0.2) is 0 Å². The molecule has 0 saturated heterocycles. The van der Waals surface area contributed by atoms with Crippen molar-refractivity contribution in [2.45, 2.75) is 3.92 Å². The van der Waals surface area contributed by atoms with Crippen molar-refractivity contribution < 1.29 is 0 Å². The number of hydrogen-bond acceptors (Lipinski definition) is 0. The predicted octanol–water partition coefficient (Wildman–Crippen LogP) is 4.21. The molecule has 0 saturated carbocycles. The predicted molar refractivity (Wildman–Crippen MR) is 68.7 cm³/mol. The molecule has 0 atom stereocenters. The summed E-state index contributed by atoms with van der Waals surface area (Å²) in [4.78, 5) is 0. The molecule has 0 nitrogen and oxygen atoms in total.